The van der Waals surface area contributed by atoms with Crippen LogP contribution in [0.3, 0.4) is 0 Å². The summed E-state index contributed by atoms with van der Waals surface area (Å²) in [5.41, 5.74) is 0.819. The molecular formula is C9H5Br2NO. The molecule has 0 saturated heterocycles. The van der Waals surface area contributed by atoms with Crippen molar-refractivity contribution in [2.45, 2.75) is 6.92 Å². The molecule has 1 aromatic rings. The van der Waals surface area contributed by atoms with Crippen LogP contribution in [0.2, 0.25) is 0 Å². The molecule has 0 saturated carbocycles. The van der Waals surface area contributed by atoms with Gasteiger partial charge in [0.15, 0.2) is 5.78 Å². The van der Waals surface area contributed by atoms with Gasteiger partial charge in [0.25, 0.3) is 0 Å². The molecule has 0 aromatic heterocycles. The number of hydrogen-bond donors (Lipinski definition) is 0. The van der Waals surface area contributed by atoms with Crippen molar-refractivity contribution in [1.29, 1.82) is 5.26 Å². The van der Waals surface area contributed by atoms with E-state index in [1.54, 1.807) is 12.1 Å². The first-order valence-electron chi connectivity index (χ1n) is 3.47. The molecule has 0 atom stereocenters. The Hall–Kier alpha value is -0.660. The maximum Gasteiger partial charge on any atom is 0.161 e. The lowest BCUT2D eigenvalue weighted by Gasteiger charge is -2.03. The molecule has 0 spiro atoms. The number of hydrogen-bond acceptors (Lipinski definition) is 2. The maximum atomic E-state index is 11.1. The van der Waals surface area contributed by atoms with Crippen molar-refractivity contribution in [2.75, 3.05) is 0 Å². The Morgan fingerprint density at radius 2 is 2.08 bits per heavy atom. The highest BCUT2D eigenvalue weighted by atomic mass is 79.9. The Morgan fingerprint density at radius 1 is 1.46 bits per heavy atom. The third kappa shape index (κ3) is 1.98. The number of nitriles is 1. The largest absolute Gasteiger partial charge is 0.294 e. The smallest absolute Gasteiger partial charge is 0.161 e. The Labute approximate surface area is 92.8 Å². The Bertz CT molecular complexity index is 407. The highest BCUT2D eigenvalue weighted by molar-refractivity contribution is 9.13. The monoisotopic (exact) mass is 301 g/mol. The van der Waals surface area contributed by atoms with Gasteiger partial charge in [0.2, 0.25) is 0 Å². The average molecular weight is 303 g/mol. The van der Waals surface area contributed by atoms with E-state index in [0.29, 0.717) is 15.6 Å². The minimum absolute atomic E-state index is 0.107. The number of carbonyl (C=O) groups is 1. The molecule has 0 radical (unpaired) electrons. The number of Topliss-reactive ketones (excluding diaryl/α,β-unsaturated/α-hetero) is 1. The highest BCUT2D eigenvalue weighted by Gasteiger charge is 2.12. The highest BCUT2D eigenvalue weighted by Crippen LogP contribution is 2.28. The lowest BCUT2D eigenvalue weighted by molar-refractivity contribution is 0.101. The standard InChI is InChI=1S/C9H5Br2NO/c1-5(13)6-2-3-8(10)9(11)7(6)4-12/h2-3H,1H3. The van der Waals surface area contributed by atoms with Gasteiger partial charge in [-0.2, -0.15) is 5.26 Å². The molecule has 0 fully saturated rings. The molecule has 66 valence electrons. The lowest BCUT2D eigenvalue weighted by atomic mass is 10.1. The van der Waals surface area contributed by atoms with Crippen LogP contribution in [0, 0.1) is 11.3 Å². The summed E-state index contributed by atoms with van der Waals surface area (Å²) in [6.45, 7) is 1.44. The zero-order valence-electron chi connectivity index (χ0n) is 6.77. The molecule has 0 bridgehead atoms. The van der Waals surface area contributed by atoms with Crippen LogP contribution in [0.25, 0.3) is 0 Å². The van der Waals surface area contributed by atoms with Gasteiger partial charge in [0.1, 0.15) is 6.07 Å². The van der Waals surface area contributed by atoms with Crippen molar-refractivity contribution in [1.82, 2.24) is 0 Å². The second-order valence-electron chi connectivity index (χ2n) is 2.45. The van der Waals surface area contributed by atoms with Crippen LogP contribution in [0.1, 0.15) is 22.8 Å². The third-order valence-corrected chi connectivity index (χ3v) is 3.60. The molecule has 1 rings (SSSR count). The number of benzene rings is 1. The number of halogens is 2. The van der Waals surface area contributed by atoms with Crippen LogP contribution < -0.4 is 0 Å². The van der Waals surface area contributed by atoms with Gasteiger partial charge in [-0.25, -0.2) is 0 Å². The van der Waals surface area contributed by atoms with Crippen LogP contribution >= 0.6 is 31.9 Å². The summed E-state index contributed by atoms with van der Waals surface area (Å²) in [5.74, 6) is -0.107. The van der Waals surface area contributed by atoms with Crippen molar-refractivity contribution in [3.63, 3.8) is 0 Å². The fourth-order valence-corrected chi connectivity index (χ4v) is 1.72. The van der Waals surface area contributed by atoms with E-state index in [-0.39, 0.29) is 5.78 Å². The zero-order chi connectivity index (χ0) is 10.0. The number of nitrogens with zero attached hydrogens (tertiary/aromatic N) is 1. The summed E-state index contributed by atoms with van der Waals surface area (Å²) in [7, 11) is 0. The van der Waals surface area contributed by atoms with Gasteiger partial charge >= 0.3 is 0 Å². The van der Waals surface area contributed by atoms with E-state index in [1.807, 2.05) is 6.07 Å². The molecule has 0 aliphatic heterocycles. The molecule has 1 aromatic carbocycles. The van der Waals surface area contributed by atoms with E-state index in [9.17, 15) is 4.79 Å². The van der Waals surface area contributed by atoms with Gasteiger partial charge in [-0.05, 0) is 50.9 Å². The first-order chi connectivity index (χ1) is 6.07. The van der Waals surface area contributed by atoms with Crippen LogP contribution in [0.4, 0.5) is 0 Å². The maximum absolute atomic E-state index is 11.1. The summed E-state index contributed by atoms with van der Waals surface area (Å²) in [6.07, 6.45) is 0. The van der Waals surface area contributed by atoms with Gasteiger partial charge in [-0.3, -0.25) is 4.79 Å². The minimum atomic E-state index is -0.107. The zero-order valence-corrected chi connectivity index (χ0v) is 9.94. The van der Waals surface area contributed by atoms with Crippen LogP contribution in [0.5, 0.6) is 0 Å². The second kappa shape index (κ2) is 4.03. The molecule has 0 N–H and O–H groups in total. The van der Waals surface area contributed by atoms with Crippen molar-refractivity contribution in [2.24, 2.45) is 0 Å². The van der Waals surface area contributed by atoms with Gasteiger partial charge in [0.05, 0.1) is 10.0 Å². The van der Waals surface area contributed by atoms with Gasteiger partial charge in [0, 0.05) is 10.0 Å². The topological polar surface area (TPSA) is 40.9 Å². The van der Waals surface area contributed by atoms with Crippen LogP contribution in [0.15, 0.2) is 21.1 Å². The Balaban J connectivity index is 3.50. The fourth-order valence-electron chi connectivity index (χ4n) is 0.953. The second-order valence-corrected chi connectivity index (χ2v) is 4.10. The molecule has 2 nitrogen and oxygen atoms in total. The molecule has 4 heteroatoms. The van der Waals surface area contributed by atoms with Crippen molar-refractivity contribution in [3.8, 4) is 6.07 Å². The summed E-state index contributed by atoms with van der Waals surface area (Å²) < 4.78 is 1.40. The van der Waals surface area contributed by atoms with Crippen molar-refractivity contribution in [3.05, 3.63) is 32.2 Å². The first kappa shape index (κ1) is 10.4. The first-order valence-corrected chi connectivity index (χ1v) is 5.05. The molecule has 0 unspecified atom stereocenters. The van der Waals surface area contributed by atoms with Crippen LogP contribution in [-0.4, -0.2) is 5.78 Å². The van der Waals surface area contributed by atoms with Crippen molar-refractivity contribution < 1.29 is 4.79 Å². The molecule has 0 aliphatic carbocycles. The predicted octanol–water partition coefficient (Wildman–Crippen LogP) is 3.29. The molecule has 13 heavy (non-hydrogen) atoms. The van der Waals surface area contributed by atoms with Gasteiger partial charge < -0.3 is 0 Å². The SMILES string of the molecule is CC(=O)c1ccc(Br)c(Br)c1C#N. The van der Waals surface area contributed by atoms with E-state index < -0.39 is 0 Å². The van der Waals surface area contributed by atoms with Gasteiger partial charge in [-0.15, -0.1) is 0 Å². The predicted molar refractivity (Wildman–Crippen MR) is 56.6 cm³/mol. The molecular weight excluding hydrogens is 298 g/mol. The third-order valence-electron chi connectivity index (χ3n) is 1.59. The average Bonchev–Trinajstić information content (AvgIpc) is 2.09. The van der Waals surface area contributed by atoms with E-state index in [0.717, 1.165) is 4.47 Å². The van der Waals surface area contributed by atoms with Gasteiger partial charge in [-0.1, -0.05) is 0 Å². The normalized spacial score (nSPS) is 9.38. The minimum Gasteiger partial charge on any atom is -0.294 e. The summed E-state index contributed by atoms with van der Waals surface area (Å²) in [6, 6.07) is 5.36. The van der Waals surface area contributed by atoms with E-state index in [1.165, 1.54) is 6.92 Å². The number of rotatable bonds is 1. The summed E-state index contributed by atoms with van der Waals surface area (Å²) in [4.78, 5) is 11.1. The fraction of sp³-hybridized carbons (Fsp3) is 0.111. The lowest BCUT2D eigenvalue weighted by Crippen LogP contribution is -1.97. The Kier molecular flexibility index (Phi) is 3.23. The molecule has 0 heterocycles. The molecule has 0 amide bonds. The van der Waals surface area contributed by atoms with Crippen LogP contribution in [-0.2, 0) is 0 Å². The quantitative estimate of drug-likeness (QED) is 0.747. The number of ketones is 1. The van der Waals surface area contributed by atoms with Crippen molar-refractivity contribution >= 4 is 37.6 Å². The Morgan fingerprint density at radius 3 is 2.54 bits per heavy atom. The van der Waals surface area contributed by atoms with E-state index in [4.69, 9.17) is 5.26 Å². The summed E-state index contributed by atoms with van der Waals surface area (Å²) >= 11 is 6.50. The van der Waals surface area contributed by atoms with E-state index in [2.05, 4.69) is 31.9 Å². The van der Waals surface area contributed by atoms with E-state index >= 15 is 0 Å². The summed E-state index contributed by atoms with van der Waals surface area (Å²) in [5, 5.41) is 8.82. The number of carbonyl (C=O) groups excluding carboxylic acids is 1. The molecule has 0 aliphatic rings.